The molecule has 2 atom stereocenters. The molecular formula is C13H20N4O3S. The molecular weight excluding hydrogens is 292 g/mol. The molecule has 3 rings (SSSR count). The van der Waals surface area contributed by atoms with Gasteiger partial charge in [-0.15, -0.1) is 0 Å². The van der Waals surface area contributed by atoms with Crippen LogP contribution in [0.2, 0.25) is 0 Å². The molecule has 21 heavy (non-hydrogen) atoms. The SMILES string of the molecule is C[C@@H]1C[C@@]1(C)S(=O)(=O)Nc1cc(N2CCOCC2)ncn1. The lowest BCUT2D eigenvalue weighted by atomic mass is 10.4. The highest BCUT2D eigenvalue weighted by Crippen LogP contribution is 2.49. The smallest absolute Gasteiger partial charge is 0.239 e. The number of hydrogen-bond donors (Lipinski definition) is 1. The van der Waals surface area contributed by atoms with Crippen molar-refractivity contribution in [2.75, 3.05) is 35.9 Å². The van der Waals surface area contributed by atoms with Crippen LogP contribution in [0.3, 0.4) is 0 Å². The van der Waals surface area contributed by atoms with E-state index in [-0.39, 0.29) is 5.92 Å². The van der Waals surface area contributed by atoms with Crippen molar-refractivity contribution in [3.05, 3.63) is 12.4 Å². The summed E-state index contributed by atoms with van der Waals surface area (Å²) in [4.78, 5) is 10.3. The molecule has 0 unspecified atom stereocenters. The van der Waals surface area contributed by atoms with E-state index in [2.05, 4.69) is 19.6 Å². The molecule has 116 valence electrons. The highest BCUT2D eigenvalue weighted by molar-refractivity contribution is 7.94. The van der Waals surface area contributed by atoms with Gasteiger partial charge in [0.25, 0.3) is 0 Å². The Bertz CT molecular complexity index is 630. The number of nitrogens with one attached hydrogen (secondary N) is 1. The zero-order chi connectivity index (χ0) is 15.1. The molecule has 2 heterocycles. The van der Waals surface area contributed by atoms with Crippen molar-refractivity contribution in [2.45, 2.75) is 25.0 Å². The molecule has 0 bridgehead atoms. The number of anilines is 2. The predicted molar refractivity (Wildman–Crippen MR) is 79.8 cm³/mol. The maximum absolute atomic E-state index is 12.4. The van der Waals surface area contributed by atoms with Crippen LogP contribution in [0.4, 0.5) is 11.6 Å². The number of hydrogen-bond acceptors (Lipinski definition) is 6. The Morgan fingerprint density at radius 2 is 2.05 bits per heavy atom. The Labute approximate surface area is 124 Å². The molecule has 7 nitrogen and oxygen atoms in total. The average molecular weight is 312 g/mol. The first-order valence-electron chi connectivity index (χ1n) is 7.09. The van der Waals surface area contributed by atoms with E-state index in [9.17, 15) is 8.42 Å². The van der Waals surface area contributed by atoms with Crippen LogP contribution in [0.25, 0.3) is 0 Å². The molecule has 0 amide bonds. The lowest BCUT2D eigenvalue weighted by Crippen LogP contribution is -2.37. The standard InChI is InChI=1S/C13H20N4O3S/c1-10-8-13(10,2)21(18,19)16-11-7-12(15-9-14-11)17-3-5-20-6-4-17/h7,9-10H,3-6,8H2,1-2H3,(H,14,15,16)/t10-,13-/m1/s1. The van der Waals surface area contributed by atoms with E-state index in [1.807, 2.05) is 6.92 Å². The zero-order valence-corrected chi connectivity index (χ0v) is 13.1. The van der Waals surface area contributed by atoms with Gasteiger partial charge in [-0.05, 0) is 19.3 Å². The topological polar surface area (TPSA) is 84.4 Å². The van der Waals surface area contributed by atoms with E-state index >= 15 is 0 Å². The fourth-order valence-electron chi connectivity index (χ4n) is 2.55. The zero-order valence-electron chi connectivity index (χ0n) is 12.2. The molecule has 1 saturated heterocycles. The monoisotopic (exact) mass is 312 g/mol. The highest BCUT2D eigenvalue weighted by Gasteiger charge is 2.57. The summed E-state index contributed by atoms with van der Waals surface area (Å²) in [6.45, 7) is 6.51. The number of ether oxygens (including phenoxy) is 1. The minimum atomic E-state index is -3.42. The summed E-state index contributed by atoms with van der Waals surface area (Å²) in [5.74, 6) is 1.22. The third-order valence-electron chi connectivity index (χ3n) is 4.43. The van der Waals surface area contributed by atoms with Gasteiger partial charge in [0.1, 0.15) is 18.0 Å². The van der Waals surface area contributed by atoms with Crippen molar-refractivity contribution in [3.63, 3.8) is 0 Å². The lowest BCUT2D eigenvalue weighted by Gasteiger charge is -2.27. The van der Waals surface area contributed by atoms with Gasteiger partial charge in [0.05, 0.1) is 18.0 Å². The molecule has 0 radical (unpaired) electrons. The van der Waals surface area contributed by atoms with E-state index in [1.165, 1.54) is 6.33 Å². The largest absolute Gasteiger partial charge is 0.378 e. The number of sulfonamides is 1. The Balaban J connectivity index is 1.77. The maximum Gasteiger partial charge on any atom is 0.239 e. The van der Waals surface area contributed by atoms with E-state index in [1.54, 1.807) is 13.0 Å². The first kappa shape index (κ1) is 14.5. The first-order valence-corrected chi connectivity index (χ1v) is 8.58. The molecule has 2 fully saturated rings. The van der Waals surface area contributed by atoms with E-state index in [4.69, 9.17) is 4.74 Å². The Morgan fingerprint density at radius 3 is 2.67 bits per heavy atom. The van der Waals surface area contributed by atoms with Crippen LogP contribution in [0.15, 0.2) is 12.4 Å². The predicted octanol–water partition coefficient (Wildman–Crippen LogP) is 0.853. The van der Waals surface area contributed by atoms with Gasteiger partial charge in [-0.3, -0.25) is 4.72 Å². The van der Waals surface area contributed by atoms with Crippen molar-refractivity contribution in [1.82, 2.24) is 9.97 Å². The second kappa shape index (κ2) is 5.10. The summed E-state index contributed by atoms with van der Waals surface area (Å²) < 4.78 is 32.0. The molecule has 1 aliphatic heterocycles. The van der Waals surface area contributed by atoms with Crippen molar-refractivity contribution in [3.8, 4) is 0 Å². The van der Waals surface area contributed by atoms with E-state index in [0.29, 0.717) is 25.5 Å². The Hall–Kier alpha value is -1.41. The molecule has 1 aromatic rings. The molecule has 0 spiro atoms. The summed E-state index contributed by atoms with van der Waals surface area (Å²) in [5, 5.41) is 0. The van der Waals surface area contributed by atoms with Crippen molar-refractivity contribution < 1.29 is 13.2 Å². The summed E-state index contributed by atoms with van der Waals surface area (Å²) >= 11 is 0. The molecule has 8 heteroatoms. The van der Waals surface area contributed by atoms with Gasteiger partial charge in [0, 0.05) is 19.2 Å². The quantitative estimate of drug-likeness (QED) is 0.887. The summed E-state index contributed by atoms with van der Waals surface area (Å²) in [6, 6.07) is 1.68. The third-order valence-corrected chi connectivity index (χ3v) is 6.71. The van der Waals surface area contributed by atoms with Gasteiger partial charge < -0.3 is 9.64 Å². The van der Waals surface area contributed by atoms with Gasteiger partial charge >= 0.3 is 0 Å². The van der Waals surface area contributed by atoms with Crippen LogP contribution >= 0.6 is 0 Å². The lowest BCUT2D eigenvalue weighted by molar-refractivity contribution is 0.122. The van der Waals surface area contributed by atoms with Crippen LogP contribution in [0, 0.1) is 5.92 Å². The molecule has 0 aromatic carbocycles. The van der Waals surface area contributed by atoms with Gasteiger partial charge in [-0.1, -0.05) is 6.92 Å². The third kappa shape index (κ3) is 2.69. The number of aromatic nitrogens is 2. The van der Waals surface area contributed by atoms with Gasteiger partial charge in [0.2, 0.25) is 10.0 Å². The summed E-state index contributed by atoms with van der Waals surface area (Å²) in [6.07, 6.45) is 2.07. The molecule has 2 aliphatic rings. The van der Waals surface area contributed by atoms with Crippen molar-refractivity contribution in [1.29, 1.82) is 0 Å². The molecule has 1 N–H and O–H groups in total. The van der Waals surface area contributed by atoms with Crippen LogP contribution in [-0.2, 0) is 14.8 Å². The summed E-state index contributed by atoms with van der Waals surface area (Å²) in [5.41, 5.74) is 0. The summed E-state index contributed by atoms with van der Waals surface area (Å²) in [7, 11) is -3.42. The average Bonchev–Trinajstić information content (AvgIpc) is 3.09. The highest BCUT2D eigenvalue weighted by atomic mass is 32.2. The van der Waals surface area contributed by atoms with Crippen LogP contribution in [0.5, 0.6) is 0 Å². The van der Waals surface area contributed by atoms with Crippen LogP contribution in [0.1, 0.15) is 20.3 Å². The maximum atomic E-state index is 12.4. The Kier molecular flexibility index (Phi) is 3.53. The first-order chi connectivity index (χ1) is 9.92. The molecule has 1 aromatic heterocycles. The minimum absolute atomic E-state index is 0.176. The van der Waals surface area contributed by atoms with Gasteiger partial charge in [0.15, 0.2) is 0 Å². The Morgan fingerprint density at radius 1 is 1.38 bits per heavy atom. The minimum Gasteiger partial charge on any atom is -0.378 e. The second-order valence-electron chi connectivity index (χ2n) is 5.88. The number of nitrogens with zero attached hydrogens (tertiary/aromatic N) is 3. The fraction of sp³-hybridized carbons (Fsp3) is 0.692. The van der Waals surface area contributed by atoms with Crippen LogP contribution in [-0.4, -0.2) is 49.4 Å². The molecule has 1 aliphatic carbocycles. The van der Waals surface area contributed by atoms with Gasteiger partial charge in [-0.2, -0.15) is 0 Å². The fourth-order valence-corrected chi connectivity index (χ4v) is 4.17. The van der Waals surface area contributed by atoms with E-state index in [0.717, 1.165) is 18.9 Å². The van der Waals surface area contributed by atoms with Crippen molar-refractivity contribution in [2.24, 2.45) is 5.92 Å². The van der Waals surface area contributed by atoms with Crippen molar-refractivity contribution >= 4 is 21.7 Å². The normalized spacial score (nSPS) is 29.2. The van der Waals surface area contributed by atoms with E-state index < -0.39 is 14.8 Å². The molecule has 1 saturated carbocycles. The van der Waals surface area contributed by atoms with Crippen LogP contribution < -0.4 is 9.62 Å². The second-order valence-corrected chi connectivity index (χ2v) is 8.03. The number of rotatable bonds is 4. The number of morpholine rings is 1. The van der Waals surface area contributed by atoms with Gasteiger partial charge in [-0.25, -0.2) is 18.4 Å².